The fourth-order valence-corrected chi connectivity index (χ4v) is 6.50. The lowest BCUT2D eigenvalue weighted by Gasteiger charge is -2.22. The molecule has 0 bridgehead atoms. The van der Waals surface area contributed by atoms with E-state index in [1.165, 1.54) is 18.2 Å². The zero-order valence-corrected chi connectivity index (χ0v) is 21.9. The minimum atomic E-state index is -4.87. The molecule has 6 nitrogen and oxygen atoms in total. The summed E-state index contributed by atoms with van der Waals surface area (Å²) >= 11 is 0. The van der Waals surface area contributed by atoms with Crippen LogP contribution in [0.5, 0.6) is 0 Å². The Bertz CT molecular complexity index is 1970. The molecule has 5 aromatic rings. The maximum atomic E-state index is 14.1. The van der Waals surface area contributed by atoms with Crippen LogP contribution in [0.4, 0.5) is 3.89 Å². The molecule has 1 saturated carbocycles. The van der Waals surface area contributed by atoms with Crippen LogP contribution in [0.25, 0.3) is 44.0 Å². The lowest BCUT2D eigenvalue weighted by molar-refractivity contribution is 0.545. The van der Waals surface area contributed by atoms with Crippen molar-refractivity contribution in [3.8, 4) is 17.2 Å². The number of fused-ring (bicyclic) bond motifs is 4. The zero-order chi connectivity index (χ0) is 26.8. The average molecular weight is 528 g/mol. The molecule has 0 aliphatic heterocycles. The van der Waals surface area contributed by atoms with Crippen molar-refractivity contribution in [2.24, 2.45) is 0 Å². The van der Waals surface area contributed by atoms with E-state index in [0.29, 0.717) is 21.9 Å². The van der Waals surface area contributed by atoms with Gasteiger partial charge in [0, 0.05) is 22.3 Å². The molecule has 2 heterocycles. The summed E-state index contributed by atoms with van der Waals surface area (Å²) in [5.74, 6) is 0.0243. The van der Waals surface area contributed by atoms with Gasteiger partial charge in [-0.1, -0.05) is 44.9 Å². The van der Waals surface area contributed by atoms with E-state index in [2.05, 4.69) is 15.6 Å². The summed E-state index contributed by atoms with van der Waals surface area (Å²) in [6.07, 6.45) is 4.13. The molecule has 2 aromatic heterocycles. The summed E-state index contributed by atoms with van der Waals surface area (Å²) in [5, 5.41) is 11.4. The first kappa shape index (κ1) is 24.4. The van der Waals surface area contributed by atoms with Gasteiger partial charge >= 0.3 is 10.2 Å². The summed E-state index contributed by atoms with van der Waals surface area (Å²) < 4.78 is 39.4. The highest BCUT2D eigenvalue weighted by atomic mass is 32.3. The van der Waals surface area contributed by atoms with Crippen molar-refractivity contribution in [2.45, 2.75) is 56.4 Å². The molecule has 38 heavy (non-hydrogen) atoms. The van der Waals surface area contributed by atoms with Crippen LogP contribution in [-0.2, 0) is 10.2 Å². The Kier molecular flexibility index (Phi) is 5.65. The molecule has 1 aliphatic carbocycles. The summed E-state index contributed by atoms with van der Waals surface area (Å²) in [4.78, 5) is 17.1. The molecular weight excluding hydrogens is 501 g/mol. The number of nitrogens with zero attached hydrogens (tertiary/aromatic N) is 2. The maximum Gasteiger partial charge on any atom is 0.332 e. The van der Waals surface area contributed by atoms with Crippen molar-refractivity contribution in [2.75, 3.05) is 0 Å². The number of halogens is 1. The van der Waals surface area contributed by atoms with Crippen molar-refractivity contribution in [3.05, 3.63) is 75.9 Å². The Labute approximate surface area is 219 Å². The van der Waals surface area contributed by atoms with Gasteiger partial charge in [0.1, 0.15) is 5.65 Å². The summed E-state index contributed by atoms with van der Waals surface area (Å²) in [6, 6.07) is 17.5. The van der Waals surface area contributed by atoms with Crippen LogP contribution >= 0.6 is 0 Å². The van der Waals surface area contributed by atoms with Gasteiger partial charge in [0.15, 0.2) is 5.43 Å². The minimum absolute atomic E-state index is 0.0243. The monoisotopic (exact) mass is 527 g/mol. The van der Waals surface area contributed by atoms with Crippen LogP contribution in [0.3, 0.4) is 0 Å². The Morgan fingerprint density at radius 1 is 1.05 bits per heavy atom. The van der Waals surface area contributed by atoms with Gasteiger partial charge < -0.3 is 9.55 Å². The zero-order valence-electron chi connectivity index (χ0n) is 21.1. The second-order valence-electron chi connectivity index (χ2n) is 10.4. The molecule has 0 amide bonds. The number of hydrogen-bond acceptors (Lipinski definition) is 4. The molecule has 0 saturated heterocycles. The Morgan fingerprint density at radius 3 is 2.50 bits per heavy atom. The molecule has 1 aliphatic rings. The number of nitrogens with one attached hydrogen (secondary N) is 1. The third-order valence-corrected chi connectivity index (χ3v) is 8.60. The van der Waals surface area contributed by atoms with Crippen LogP contribution in [0, 0.1) is 11.3 Å². The number of aromatic nitrogens is 2. The van der Waals surface area contributed by atoms with E-state index in [9.17, 15) is 22.4 Å². The average Bonchev–Trinajstić information content (AvgIpc) is 3.55. The predicted molar refractivity (Wildman–Crippen MR) is 148 cm³/mol. The van der Waals surface area contributed by atoms with Gasteiger partial charge in [0.05, 0.1) is 27.4 Å². The molecule has 1 N–H and O–H groups in total. The van der Waals surface area contributed by atoms with Crippen molar-refractivity contribution in [3.63, 3.8) is 0 Å². The number of rotatable bonds is 4. The van der Waals surface area contributed by atoms with Gasteiger partial charge in [-0.25, -0.2) is 0 Å². The van der Waals surface area contributed by atoms with Crippen LogP contribution < -0.4 is 5.43 Å². The minimum Gasteiger partial charge on any atom is -0.340 e. The molecule has 8 heteroatoms. The van der Waals surface area contributed by atoms with Crippen molar-refractivity contribution in [1.29, 1.82) is 5.26 Å². The highest BCUT2D eigenvalue weighted by Gasteiger charge is 2.25. The van der Waals surface area contributed by atoms with Crippen LogP contribution in [0.1, 0.15) is 62.6 Å². The molecule has 0 atom stereocenters. The highest BCUT2D eigenvalue weighted by molar-refractivity contribution is 7.86. The van der Waals surface area contributed by atoms with Crippen LogP contribution in [0.2, 0.25) is 0 Å². The summed E-state index contributed by atoms with van der Waals surface area (Å²) in [5.41, 5.74) is 4.88. The molecule has 1 fully saturated rings. The lowest BCUT2D eigenvalue weighted by Crippen LogP contribution is -2.15. The third kappa shape index (κ3) is 3.81. The van der Waals surface area contributed by atoms with Gasteiger partial charge in [-0.15, -0.1) is 3.89 Å². The molecule has 0 radical (unpaired) electrons. The molecule has 0 spiro atoms. The van der Waals surface area contributed by atoms with E-state index < -0.39 is 15.1 Å². The van der Waals surface area contributed by atoms with E-state index in [1.54, 1.807) is 18.2 Å². The fraction of sp³-hybridized carbons (Fsp3) is 0.267. The largest absolute Gasteiger partial charge is 0.340 e. The first-order valence-electron chi connectivity index (χ1n) is 12.8. The molecule has 192 valence electrons. The summed E-state index contributed by atoms with van der Waals surface area (Å²) in [6.45, 7) is 4.03. The quantitative estimate of drug-likeness (QED) is 0.253. The standard InChI is InChI=1S/C30H26FN3O3S/c1-17(2)23-14-25-27(15-24(23)19-6-5-9-21(13-19)38(31,36)37)34(20-7-3-4-8-20)30-28(29(25)35)22-11-10-18(16-32)12-26(22)33-30/h5-6,9-15,17,20,33H,3-4,7-8H2,1-2H3. The van der Waals surface area contributed by atoms with Gasteiger partial charge in [-0.3, -0.25) is 4.79 Å². The van der Waals surface area contributed by atoms with Gasteiger partial charge in [-0.05, 0) is 71.8 Å². The van der Waals surface area contributed by atoms with E-state index in [0.717, 1.165) is 58.9 Å². The van der Waals surface area contributed by atoms with Crippen molar-refractivity contribution >= 4 is 43.1 Å². The van der Waals surface area contributed by atoms with E-state index >= 15 is 0 Å². The normalized spacial score (nSPS) is 14.7. The van der Waals surface area contributed by atoms with E-state index in [4.69, 9.17) is 0 Å². The van der Waals surface area contributed by atoms with Gasteiger partial charge in [-0.2, -0.15) is 13.7 Å². The van der Waals surface area contributed by atoms with Crippen molar-refractivity contribution in [1.82, 2.24) is 9.55 Å². The van der Waals surface area contributed by atoms with Crippen LogP contribution in [-0.4, -0.2) is 18.0 Å². The Hall–Kier alpha value is -3.96. The van der Waals surface area contributed by atoms with E-state index in [1.807, 2.05) is 32.0 Å². The number of hydrogen-bond donors (Lipinski definition) is 1. The molecule has 3 aromatic carbocycles. The fourth-order valence-electron chi connectivity index (χ4n) is 5.99. The highest BCUT2D eigenvalue weighted by Crippen LogP contribution is 2.40. The van der Waals surface area contributed by atoms with Crippen molar-refractivity contribution < 1.29 is 12.3 Å². The molecule has 6 rings (SSSR count). The third-order valence-electron chi connectivity index (χ3n) is 7.79. The second kappa shape index (κ2) is 8.81. The smallest absolute Gasteiger partial charge is 0.332 e. The number of pyridine rings is 1. The topological polar surface area (TPSA) is 95.7 Å². The number of benzene rings is 3. The van der Waals surface area contributed by atoms with Gasteiger partial charge in [0.2, 0.25) is 0 Å². The predicted octanol–water partition coefficient (Wildman–Crippen LogP) is 7.07. The Morgan fingerprint density at radius 2 is 1.82 bits per heavy atom. The van der Waals surface area contributed by atoms with Crippen LogP contribution in [0.15, 0.2) is 64.3 Å². The first-order chi connectivity index (χ1) is 18.2. The molecular formula is C30H26FN3O3S. The number of aromatic amines is 1. The Balaban J connectivity index is 1.76. The number of H-pyrrole nitrogens is 1. The van der Waals surface area contributed by atoms with Gasteiger partial charge in [0.25, 0.3) is 0 Å². The second-order valence-corrected chi connectivity index (χ2v) is 11.8. The first-order valence-corrected chi connectivity index (χ1v) is 14.2. The molecule has 0 unspecified atom stereocenters. The lowest BCUT2D eigenvalue weighted by atomic mass is 9.90. The van der Waals surface area contributed by atoms with E-state index in [-0.39, 0.29) is 17.4 Å². The number of nitriles is 1. The SMILES string of the molecule is CC(C)c1cc2c(=O)c3c4ccc(C#N)cc4[nH]c3n(C3CCCC3)c2cc1-c1cccc(S(=O)(=O)F)c1. The maximum absolute atomic E-state index is 14.1. The summed E-state index contributed by atoms with van der Waals surface area (Å²) in [7, 11) is -4.87.